The maximum absolute atomic E-state index is 12.8. The lowest BCUT2D eigenvalue weighted by molar-refractivity contribution is 0.375. The summed E-state index contributed by atoms with van der Waals surface area (Å²) in [6, 6.07) is 0. The second kappa shape index (κ2) is 5.31. The van der Waals surface area contributed by atoms with Crippen LogP contribution in [0.2, 0.25) is 0 Å². The van der Waals surface area contributed by atoms with Crippen molar-refractivity contribution in [2.24, 2.45) is 5.41 Å². The summed E-state index contributed by atoms with van der Waals surface area (Å²) in [5.41, 5.74) is 1.27. The second-order valence-corrected chi connectivity index (χ2v) is 8.42. The minimum Gasteiger partial charge on any atom is -0.267 e. The number of alkyl halides is 1. The molecule has 0 amide bonds. The van der Waals surface area contributed by atoms with Gasteiger partial charge in [0.2, 0.25) is 10.0 Å². The van der Waals surface area contributed by atoms with Crippen LogP contribution in [-0.2, 0) is 16.6 Å². The van der Waals surface area contributed by atoms with Crippen LogP contribution in [0.5, 0.6) is 0 Å². The van der Waals surface area contributed by atoms with E-state index in [1.54, 1.807) is 22.8 Å². The van der Waals surface area contributed by atoms with Crippen molar-refractivity contribution in [2.75, 3.05) is 19.0 Å². The first-order valence-corrected chi connectivity index (χ1v) is 8.76. The number of rotatable bonds is 4. The molecule has 0 spiro atoms. The first kappa shape index (κ1) is 15.8. The van der Waals surface area contributed by atoms with Crippen LogP contribution in [-0.4, -0.2) is 41.5 Å². The topological polar surface area (TPSA) is 55.2 Å². The summed E-state index contributed by atoms with van der Waals surface area (Å²) >= 11 is 5.73. The summed E-state index contributed by atoms with van der Waals surface area (Å²) in [4.78, 5) is 0.348. The number of sulfonamides is 1. The highest BCUT2D eigenvalue weighted by Gasteiger charge is 2.39. The van der Waals surface area contributed by atoms with Crippen LogP contribution in [0.1, 0.15) is 31.7 Å². The Bertz CT molecular complexity index is 607. The van der Waals surface area contributed by atoms with Gasteiger partial charge in [-0.2, -0.15) is 9.40 Å². The molecule has 5 nitrogen and oxygen atoms in total. The van der Waals surface area contributed by atoms with Gasteiger partial charge in [-0.15, -0.1) is 11.6 Å². The Morgan fingerprint density at radius 2 is 2.00 bits per heavy atom. The fraction of sp³-hybridized carbons (Fsp3) is 0.769. The smallest absolute Gasteiger partial charge is 0.246 e. The van der Waals surface area contributed by atoms with Gasteiger partial charge < -0.3 is 0 Å². The lowest BCUT2D eigenvalue weighted by Gasteiger charge is -2.19. The SMILES string of the molecule is Cc1nn(CCCl)c(C)c1S(=O)(=O)N1CCC(C)(C)C1. The van der Waals surface area contributed by atoms with Gasteiger partial charge in [0.15, 0.2) is 0 Å². The molecule has 0 atom stereocenters. The second-order valence-electron chi connectivity index (χ2n) is 6.16. The standard InChI is InChI=1S/C13H22ClN3O2S/c1-10-12(11(2)17(15-10)8-6-14)20(18,19)16-7-5-13(3,4)9-16/h5-9H2,1-4H3. The molecule has 1 saturated heterocycles. The molecule has 0 unspecified atom stereocenters. The third kappa shape index (κ3) is 2.73. The summed E-state index contributed by atoms with van der Waals surface area (Å²) in [6.45, 7) is 9.39. The first-order chi connectivity index (χ1) is 9.19. The summed E-state index contributed by atoms with van der Waals surface area (Å²) in [7, 11) is -3.46. The molecule has 2 rings (SSSR count). The Balaban J connectivity index is 2.40. The van der Waals surface area contributed by atoms with E-state index in [9.17, 15) is 8.42 Å². The molecular weight excluding hydrogens is 298 g/mol. The molecule has 7 heteroatoms. The zero-order valence-corrected chi connectivity index (χ0v) is 14.1. The lowest BCUT2D eigenvalue weighted by atomic mass is 9.93. The minimum absolute atomic E-state index is 0.0427. The average molecular weight is 320 g/mol. The Hall–Kier alpha value is -0.590. The molecule has 0 aliphatic carbocycles. The van der Waals surface area contributed by atoms with E-state index in [1.807, 2.05) is 0 Å². The van der Waals surface area contributed by atoms with E-state index in [1.165, 1.54) is 0 Å². The molecule has 2 heterocycles. The number of hydrogen-bond donors (Lipinski definition) is 0. The summed E-state index contributed by atoms with van der Waals surface area (Å²) < 4.78 is 28.9. The van der Waals surface area contributed by atoms with Crippen LogP contribution < -0.4 is 0 Å². The highest BCUT2D eigenvalue weighted by atomic mass is 35.5. The normalized spacial score (nSPS) is 19.6. The van der Waals surface area contributed by atoms with E-state index in [-0.39, 0.29) is 5.41 Å². The zero-order valence-electron chi connectivity index (χ0n) is 12.5. The first-order valence-electron chi connectivity index (χ1n) is 6.79. The Morgan fingerprint density at radius 1 is 1.35 bits per heavy atom. The van der Waals surface area contributed by atoms with Crippen molar-refractivity contribution in [3.63, 3.8) is 0 Å². The molecule has 0 N–H and O–H groups in total. The van der Waals surface area contributed by atoms with Gasteiger partial charge in [-0.25, -0.2) is 8.42 Å². The van der Waals surface area contributed by atoms with Crippen LogP contribution in [0.3, 0.4) is 0 Å². The van der Waals surface area contributed by atoms with Gasteiger partial charge in [0, 0.05) is 19.0 Å². The van der Waals surface area contributed by atoms with Crippen LogP contribution in [0.4, 0.5) is 0 Å². The Kier molecular flexibility index (Phi) is 4.19. The maximum Gasteiger partial charge on any atom is 0.246 e. The van der Waals surface area contributed by atoms with Gasteiger partial charge >= 0.3 is 0 Å². The molecule has 20 heavy (non-hydrogen) atoms. The van der Waals surface area contributed by atoms with Crippen LogP contribution in [0, 0.1) is 19.3 Å². The van der Waals surface area contributed by atoms with Gasteiger partial charge in [0.25, 0.3) is 0 Å². The van der Waals surface area contributed by atoms with E-state index >= 15 is 0 Å². The van der Waals surface area contributed by atoms with E-state index in [4.69, 9.17) is 11.6 Å². The molecule has 0 aromatic carbocycles. The molecule has 1 aliphatic heterocycles. The number of aryl methyl sites for hydroxylation is 2. The lowest BCUT2D eigenvalue weighted by Crippen LogP contribution is -2.31. The van der Waals surface area contributed by atoms with Crippen LogP contribution in [0.25, 0.3) is 0 Å². The fourth-order valence-corrected chi connectivity index (χ4v) is 4.91. The van der Waals surface area contributed by atoms with Crippen molar-refractivity contribution >= 4 is 21.6 Å². The average Bonchev–Trinajstić information content (AvgIpc) is 2.81. The van der Waals surface area contributed by atoms with Gasteiger partial charge in [0.1, 0.15) is 4.90 Å². The molecule has 114 valence electrons. The number of nitrogens with zero attached hydrogens (tertiary/aromatic N) is 3. The van der Waals surface area contributed by atoms with E-state index in [0.29, 0.717) is 41.8 Å². The summed E-state index contributed by atoms with van der Waals surface area (Å²) in [5, 5.41) is 4.30. The predicted molar refractivity (Wildman–Crippen MR) is 79.6 cm³/mol. The van der Waals surface area contributed by atoms with Gasteiger partial charge in [0.05, 0.1) is 17.9 Å². The molecule has 1 fully saturated rings. The molecule has 0 saturated carbocycles. The fourth-order valence-electron chi connectivity index (χ4n) is 2.75. The maximum atomic E-state index is 12.8. The van der Waals surface area contributed by atoms with Crippen molar-refractivity contribution < 1.29 is 8.42 Å². The molecule has 1 aromatic heterocycles. The van der Waals surface area contributed by atoms with Gasteiger partial charge in [-0.3, -0.25) is 4.68 Å². The van der Waals surface area contributed by atoms with Crippen molar-refractivity contribution in [1.82, 2.24) is 14.1 Å². The summed E-state index contributed by atoms with van der Waals surface area (Å²) in [6.07, 6.45) is 0.889. The minimum atomic E-state index is -3.46. The molecule has 0 bridgehead atoms. The van der Waals surface area contributed by atoms with E-state index in [2.05, 4.69) is 18.9 Å². The van der Waals surface area contributed by atoms with Crippen molar-refractivity contribution in [3.8, 4) is 0 Å². The van der Waals surface area contributed by atoms with Crippen LogP contribution in [0.15, 0.2) is 4.90 Å². The Labute approximate surface area is 126 Å². The third-order valence-corrected chi connectivity index (χ3v) is 6.12. The van der Waals surface area contributed by atoms with Gasteiger partial charge in [-0.1, -0.05) is 13.8 Å². The summed E-state index contributed by atoms with van der Waals surface area (Å²) in [5.74, 6) is 0.415. The molecule has 0 radical (unpaired) electrons. The Morgan fingerprint density at radius 3 is 2.50 bits per heavy atom. The van der Waals surface area contributed by atoms with Crippen molar-refractivity contribution in [3.05, 3.63) is 11.4 Å². The highest BCUT2D eigenvalue weighted by Crippen LogP contribution is 2.34. The zero-order chi connectivity index (χ0) is 15.1. The predicted octanol–water partition coefficient (Wildman–Crippen LogP) is 2.16. The molecule has 1 aromatic rings. The number of hydrogen-bond acceptors (Lipinski definition) is 3. The monoisotopic (exact) mass is 319 g/mol. The van der Waals surface area contributed by atoms with E-state index < -0.39 is 10.0 Å². The molecular formula is C13H22ClN3O2S. The van der Waals surface area contributed by atoms with E-state index in [0.717, 1.165) is 6.42 Å². The van der Waals surface area contributed by atoms with Gasteiger partial charge in [-0.05, 0) is 25.7 Å². The highest BCUT2D eigenvalue weighted by molar-refractivity contribution is 7.89. The van der Waals surface area contributed by atoms with Crippen LogP contribution >= 0.6 is 11.6 Å². The number of aromatic nitrogens is 2. The van der Waals surface area contributed by atoms with Crippen molar-refractivity contribution in [1.29, 1.82) is 0 Å². The largest absolute Gasteiger partial charge is 0.267 e. The quantitative estimate of drug-likeness (QED) is 0.799. The van der Waals surface area contributed by atoms with Crippen molar-refractivity contribution in [2.45, 2.75) is 45.6 Å². The third-order valence-electron chi connectivity index (χ3n) is 3.85. The molecule has 1 aliphatic rings. The number of halogens is 1.